The Bertz CT molecular complexity index is 820. The summed E-state index contributed by atoms with van der Waals surface area (Å²) in [5.74, 6) is 1.42. The lowest BCUT2D eigenvalue weighted by Crippen LogP contribution is -2.49. The Kier molecular flexibility index (Phi) is 5.14. The SMILES string of the molecule is CCNc1nc(C)cc(N2CCN(S(=O)(=O)c3cccnc3)CC2)n1. The predicted octanol–water partition coefficient (Wildman–Crippen LogP) is 1.12. The summed E-state index contributed by atoms with van der Waals surface area (Å²) in [5.41, 5.74) is 0.881. The molecule has 9 heteroatoms. The van der Waals surface area contributed by atoms with Gasteiger partial charge in [-0.05, 0) is 26.0 Å². The number of nitrogens with zero attached hydrogens (tertiary/aromatic N) is 5. The van der Waals surface area contributed by atoms with E-state index in [2.05, 4.69) is 25.2 Å². The summed E-state index contributed by atoms with van der Waals surface area (Å²) in [6, 6.07) is 5.13. The lowest BCUT2D eigenvalue weighted by atomic mass is 10.3. The summed E-state index contributed by atoms with van der Waals surface area (Å²) in [6.07, 6.45) is 2.95. The van der Waals surface area contributed by atoms with Gasteiger partial charge in [0.25, 0.3) is 0 Å². The number of piperazine rings is 1. The molecule has 2 aromatic rings. The number of rotatable bonds is 5. The van der Waals surface area contributed by atoms with Crippen LogP contribution in [-0.2, 0) is 10.0 Å². The Morgan fingerprint density at radius 1 is 1.20 bits per heavy atom. The summed E-state index contributed by atoms with van der Waals surface area (Å²) in [4.78, 5) is 15.1. The minimum atomic E-state index is -3.49. The Labute approximate surface area is 148 Å². The lowest BCUT2D eigenvalue weighted by Gasteiger charge is -2.34. The highest BCUT2D eigenvalue weighted by atomic mass is 32.2. The van der Waals surface area contributed by atoms with Gasteiger partial charge in [0.2, 0.25) is 16.0 Å². The fourth-order valence-corrected chi connectivity index (χ4v) is 4.14. The van der Waals surface area contributed by atoms with Crippen molar-refractivity contribution in [3.8, 4) is 0 Å². The van der Waals surface area contributed by atoms with Crippen molar-refractivity contribution in [3.05, 3.63) is 36.3 Å². The van der Waals surface area contributed by atoms with Crippen LogP contribution in [0.1, 0.15) is 12.6 Å². The fraction of sp³-hybridized carbons (Fsp3) is 0.438. The third-order valence-corrected chi connectivity index (χ3v) is 5.89. The van der Waals surface area contributed by atoms with E-state index in [0.29, 0.717) is 32.1 Å². The van der Waals surface area contributed by atoms with E-state index in [1.165, 1.54) is 10.5 Å². The normalized spacial score (nSPS) is 16.0. The molecule has 3 heterocycles. The number of hydrogen-bond acceptors (Lipinski definition) is 7. The minimum Gasteiger partial charge on any atom is -0.354 e. The largest absolute Gasteiger partial charge is 0.354 e. The van der Waals surface area contributed by atoms with E-state index in [1.54, 1.807) is 18.3 Å². The maximum atomic E-state index is 12.7. The molecular formula is C16H22N6O2S. The van der Waals surface area contributed by atoms with E-state index in [-0.39, 0.29) is 4.90 Å². The van der Waals surface area contributed by atoms with Gasteiger partial charge in [-0.15, -0.1) is 0 Å². The molecule has 2 aromatic heterocycles. The smallest absolute Gasteiger partial charge is 0.244 e. The Hall–Kier alpha value is -2.26. The quantitative estimate of drug-likeness (QED) is 0.852. The highest BCUT2D eigenvalue weighted by molar-refractivity contribution is 7.89. The van der Waals surface area contributed by atoms with E-state index >= 15 is 0 Å². The van der Waals surface area contributed by atoms with Gasteiger partial charge in [-0.3, -0.25) is 4.98 Å². The monoisotopic (exact) mass is 362 g/mol. The van der Waals surface area contributed by atoms with Crippen molar-refractivity contribution >= 4 is 21.8 Å². The Balaban J connectivity index is 1.72. The highest BCUT2D eigenvalue weighted by Gasteiger charge is 2.29. The van der Waals surface area contributed by atoms with Gasteiger partial charge in [0, 0.05) is 56.9 Å². The van der Waals surface area contributed by atoms with Crippen molar-refractivity contribution in [1.29, 1.82) is 0 Å². The van der Waals surface area contributed by atoms with Crippen LogP contribution in [0, 0.1) is 6.92 Å². The van der Waals surface area contributed by atoms with Gasteiger partial charge < -0.3 is 10.2 Å². The molecule has 1 saturated heterocycles. The first kappa shape index (κ1) is 17.6. The molecule has 0 atom stereocenters. The molecule has 0 radical (unpaired) electrons. The molecule has 0 amide bonds. The molecule has 0 aromatic carbocycles. The zero-order chi connectivity index (χ0) is 17.9. The highest BCUT2D eigenvalue weighted by Crippen LogP contribution is 2.20. The zero-order valence-electron chi connectivity index (χ0n) is 14.4. The maximum Gasteiger partial charge on any atom is 0.244 e. The van der Waals surface area contributed by atoms with Crippen molar-refractivity contribution in [2.45, 2.75) is 18.7 Å². The Morgan fingerprint density at radius 2 is 1.96 bits per heavy atom. The van der Waals surface area contributed by atoms with Crippen molar-refractivity contribution < 1.29 is 8.42 Å². The van der Waals surface area contributed by atoms with E-state index in [4.69, 9.17) is 0 Å². The topological polar surface area (TPSA) is 91.3 Å². The molecule has 1 fully saturated rings. The summed E-state index contributed by atoms with van der Waals surface area (Å²) >= 11 is 0. The van der Waals surface area contributed by atoms with Crippen molar-refractivity contribution in [2.75, 3.05) is 42.9 Å². The van der Waals surface area contributed by atoms with Gasteiger partial charge in [0.15, 0.2) is 0 Å². The van der Waals surface area contributed by atoms with Crippen LogP contribution < -0.4 is 10.2 Å². The number of pyridine rings is 1. The minimum absolute atomic E-state index is 0.232. The molecule has 1 aliphatic heterocycles. The average molecular weight is 362 g/mol. The number of aryl methyl sites for hydroxylation is 1. The van der Waals surface area contributed by atoms with E-state index in [0.717, 1.165) is 18.1 Å². The van der Waals surface area contributed by atoms with Crippen LogP contribution >= 0.6 is 0 Å². The first-order valence-electron chi connectivity index (χ1n) is 8.25. The molecule has 134 valence electrons. The predicted molar refractivity (Wildman–Crippen MR) is 96.1 cm³/mol. The van der Waals surface area contributed by atoms with Crippen molar-refractivity contribution in [1.82, 2.24) is 19.3 Å². The van der Waals surface area contributed by atoms with E-state index in [9.17, 15) is 8.42 Å². The van der Waals surface area contributed by atoms with Gasteiger partial charge >= 0.3 is 0 Å². The molecule has 0 spiro atoms. The van der Waals surface area contributed by atoms with Gasteiger partial charge in [-0.25, -0.2) is 13.4 Å². The molecular weight excluding hydrogens is 340 g/mol. The van der Waals surface area contributed by atoms with E-state index in [1.807, 2.05) is 19.9 Å². The third-order valence-electron chi connectivity index (χ3n) is 4.01. The molecule has 3 rings (SSSR count). The van der Waals surface area contributed by atoms with Crippen LogP contribution in [0.2, 0.25) is 0 Å². The van der Waals surface area contributed by atoms with Gasteiger partial charge in [0.05, 0.1) is 0 Å². The molecule has 1 aliphatic rings. The van der Waals surface area contributed by atoms with Crippen LogP contribution in [0.25, 0.3) is 0 Å². The zero-order valence-corrected chi connectivity index (χ0v) is 15.2. The van der Waals surface area contributed by atoms with Crippen molar-refractivity contribution in [3.63, 3.8) is 0 Å². The second-order valence-corrected chi connectivity index (χ2v) is 7.74. The summed E-state index contributed by atoms with van der Waals surface area (Å²) in [6.45, 7) is 6.67. The van der Waals surface area contributed by atoms with Crippen LogP contribution in [0.5, 0.6) is 0 Å². The standard InChI is InChI=1S/C16H22N6O2S/c1-3-18-16-19-13(2)11-15(20-16)21-7-9-22(10-8-21)25(23,24)14-5-4-6-17-12-14/h4-6,11-12H,3,7-10H2,1-2H3,(H,18,19,20). The maximum absolute atomic E-state index is 12.7. The number of aromatic nitrogens is 3. The first-order chi connectivity index (χ1) is 12.0. The molecule has 0 saturated carbocycles. The second kappa shape index (κ2) is 7.32. The molecule has 0 unspecified atom stereocenters. The molecule has 0 bridgehead atoms. The summed E-state index contributed by atoms with van der Waals surface area (Å²) in [7, 11) is -3.49. The lowest BCUT2D eigenvalue weighted by molar-refractivity contribution is 0.383. The number of anilines is 2. The van der Waals surface area contributed by atoms with Crippen LogP contribution in [0.4, 0.5) is 11.8 Å². The first-order valence-corrected chi connectivity index (χ1v) is 9.69. The van der Waals surface area contributed by atoms with Crippen LogP contribution in [0.15, 0.2) is 35.5 Å². The number of sulfonamides is 1. The number of nitrogens with one attached hydrogen (secondary N) is 1. The van der Waals surface area contributed by atoms with Crippen molar-refractivity contribution in [2.24, 2.45) is 0 Å². The molecule has 1 N–H and O–H groups in total. The number of hydrogen-bond donors (Lipinski definition) is 1. The third kappa shape index (κ3) is 3.88. The van der Waals surface area contributed by atoms with Gasteiger partial charge in [-0.2, -0.15) is 9.29 Å². The molecule has 0 aliphatic carbocycles. The average Bonchev–Trinajstić information content (AvgIpc) is 2.62. The fourth-order valence-electron chi connectivity index (χ4n) is 2.76. The second-order valence-electron chi connectivity index (χ2n) is 5.80. The van der Waals surface area contributed by atoms with E-state index < -0.39 is 10.0 Å². The molecule has 25 heavy (non-hydrogen) atoms. The summed E-state index contributed by atoms with van der Waals surface area (Å²) < 4.78 is 26.8. The summed E-state index contributed by atoms with van der Waals surface area (Å²) in [5, 5.41) is 3.12. The van der Waals surface area contributed by atoms with Gasteiger partial charge in [-0.1, -0.05) is 0 Å². The Morgan fingerprint density at radius 3 is 2.60 bits per heavy atom. The molecule has 8 nitrogen and oxygen atoms in total. The van der Waals surface area contributed by atoms with Crippen LogP contribution in [-0.4, -0.2) is 60.4 Å². The van der Waals surface area contributed by atoms with Crippen LogP contribution in [0.3, 0.4) is 0 Å². The van der Waals surface area contributed by atoms with Gasteiger partial charge in [0.1, 0.15) is 10.7 Å².